The summed E-state index contributed by atoms with van der Waals surface area (Å²) in [5.41, 5.74) is 4.85. The molecule has 1 aliphatic heterocycles. The number of esters is 2. The highest BCUT2D eigenvalue weighted by molar-refractivity contribution is 5.70. The van der Waals surface area contributed by atoms with Crippen LogP contribution in [0.4, 0.5) is 5.82 Å². The van der Waals surface area contributed by atoms with Gasteiger partial charge in [-0.25, -0.2) is 4.79 Å². The van der Waals surface area contributed by atoms with Crippen LogP contribution in [-0.2, 0) is 23.8 Å². The molecular formula is C29H49N3O7. The number of ether oxygens (including phenoxy) is 3. The van der Waals surface area contributed by atoms with E-state index >= 15 is 0 Å². The average Bonchev–Trinajstić information content (AvgIpc) is 3.22. The molecule has 0 aliphatic carbocycles. The predicted molar refractivity (Wildman–Crippen MR) is 149 cm³/mol. The van der Waals surface area contributed by atoms with Crippen LogP contribution in [0.25, 0.3) is 0 Å². The summed E-state index contributed by atoms with van der Waals surface area (Å²) >= 11 is 0. The fraction of sp³-hybridized carbons (Fsp3) is 0.793. The molecule has 1 fully saturated rings. The number of unbranched alkanes of at least 4 members (excludes halogenated alkanes) is 14. The minimum Gasteiger partial charge on any atom is -0.455 e. The molecule has 0 amide bonds. The molecule has 1 aliphatic rings. The number of aliphatic hydroxyl groups is 1. The van der Waals surface area contributed by atoms with Crippen molar-refractivity contribution in [3.05, 3.63) is 22.7 Å². The van der Waals surface area contributed by atoms with E-state index in [4.69, 9.17) is 19.9 Å². The maximum atomic E-state index is 12.6. The number of hydrogen-bond donors (Lipinski definition) is 2. The second-order valence-electron chi connectivity index (χ2n) is 10.5. The van der Waals surface area contributed by atoms with Gasteiger partial charge in [-0.2, -0.15) is 4.98 Å². The van der Waals surface area contributed by atoms with E-state index in [1.807, 2.05) is 0 Å². The Morgan fingerprint density at radius 1 is 0.923 bits per heavy atom. The molecule has 2 rings (SSSR count). The highest BCUT2D eigenvalue weighted by Crippen LogP contribution is 2.33. The average molecular weight is 552 g/mol. The monoisotopic (exact) mass is 551 g/mol. The number of anilines is 1. The normalized spacial score (nSPS) is 20.7. The minimum atomic E-state index is -1.12. The van der Waals surface area contributed by atoms with Gasteiger partial charge in [-0.05, 0) is 12.5 Å². The smallest absolute Gasteiger partial charge is 0.351 e. The van der Waals surface area contributed by atoms with E-state index in [0.29, 0.717) is 6.42 Å². The zero-order valence-electron chi connectivity index (χ0n) is 23.9. The van der Waals surface area contributed by atoms with Crippen LogP contribution in [0, 0.1) is 0 Å². The van der Waals surface area contributed by atoms with E-state index in [-0.39, 0.29) is 12.2 Å². The number of aliphatic hydroxyl groups excluding tert-OH is 1. The van der Waals surface area contributed by atoms with Crippen LogP contribution < -0.4 is 11.4 Å². The quantitative estimate of drug-likeness (QED) is 0.172. The zero-order valence-corrected chi connectivity index (χ0v) is 23.9. The van der Waals surface area contributed by atoms with Gasteiger partial charge in [-0.15, -0.1) is 0 Å². The van der Waals surface area contributed by atoms with Crippen molar-refractivity contribution in [3.8, 4) is 0 Å². The summed E-state index contributed by atoms with van der Waals surface area (Å²) in [6, 6.07) is 1.40. The molecule has 222 valence electrons. The largest absolute Gasteiger partial charge is 0.455 e. The number of rotatable bonds is 20. The number of nitrogen functional groups attached to an aromatic ring is 1. The fourth-order valence-electron chi connectivity index (χ4n) is 5.01. The lowest BCUT2D eigenvalue weighted by Gasteiger charge is -2.24. The van der Waals surface area contributed by atoms with E-state index in [2.05, 4.69) is 11.9 Å². The van der Waals surface area contributed by atoms with Gasteiger partial charge < -0.3 is 25.1 Å². The van der Waals surface area contributed by atoms with Crippen molar-refractivity contribution in [2.24, 2.45) is 0 Å². The Hall–Kier alpha value is -2.46. The topological polar surface area (TPSA) is 143 Å². The van der Waals surface area contributed by atoms with Crippen molar-refractivity contribution in [2.75, 3.05) is 12.3 Å². The van der Waals surface area contributed by atoms with Crippen LogP contribution in [0.5, 0.6) is 0 Å². The number of aromatic nitrogens is 2. The molecule has 3 N–H and O–H groups in total. The van der Waals surface area contributed by atoms with Crippen LogP contribution in [0.15, 0.2) is 17.1 Å². The Morgan fingerprint density at radius 2 is 1.46 bits per heavy atom. The molecule has 0 aromatic carbocycles. The third kappa shape index (κ3) is 12.1. The lowest BCUT2D eigenvalue weighted by Crippen LogP contribution is -2.41. The van der Waals surface area contributed by atoms with Crippen molar-refractivity contribution in [2.45, 2.75) is 141 Å². The Balaban J connectivity index is 1.67. The molecule has 10 nitrogen and oxygen atoms in total. The molecule has 4 atom stereocenters. The molecule has 2 heterocycles. The van der Waals surface area contributed by atoms with E-state index in [1.54, 1.807) is 0 Å². The van der Waals surface area contributed by atoms with Crippen LogP contribution in [0.2, 0.25) is 0 Å². The molecule has 0 bridgehead atoms. The molecular weight excluding hydrogens is 502 g/mol. The molecule has 39 heavy (non-hydrogen) atoms. The predicted octanol–water partition coefficient (Wildman–Crippen LogP) is 4.82. The first-order valence-electron chi connectivity index (χ1n) is 14.8. The number of hydrogen-bond acceptors (Lipinski definition) is 9. The maximum Gasteiger partial charge on any atom is 0.351 e. The third-order valence-electron chi connectivity index (χ3n) is 7.15. The summed E-state index contributed by atoms with van der Waals surface area (Å²) in [6.45, 7) is 2.98. The van der Waals surface area contributed by atoms with Crippen molar-refractivity contribution < 1.29 is 28.9 Å². The summed E-state index contributed by atoms with van der Waals surface area (Å²) in [5.74, 6) is -1.06. The Labute approximate surface area is 232 Å². The molecule has 0 saturated carbocycles. The van der Waals surface area contributed by atoms with Crippen molar-refractivity contribution >= 4 is 17.8 Å². The first-order chi connectivity index (χ1) is 18.9. The molecule has 0 radical (unpaired) electrons. The second kappa shape index (κ2) is 18.8. The number of nitrogens with zero attached hydrogens (tertiary/aromatic N) is 2. The highest BCUT2D eigenvalue weighted by Gasteiger charge is 2.50. The van der Waals surface area contributed by atoms with Gasteiger partial charge >= 0.3 is 17.6 Å². The van der Waals surface area contributed by atoms with Gasteiger partial charge in [0.25, 0.3) is 0 Å². The van der Waals surface area contributed by atoms with Crippen molar-refractivity contribution in [3.63, 3.8) is 0 Å². The van der Waals surface area contributed by atoms with Crippen LogP contribution in [0.1, 0.15) is 123 Å². The highest BCUT2D eigenvalue weighted by atomic mass is 16.6. The van der Waals surface area contributed by atoms with E-state index in [9.17, 15) is 19.5 Å². The van der Waals surface area contributed by atoms with Gasteiger partial charge in [0, 0.05) is 19.5 Å². The van der Waals surface area contributed by atoms with Gasteiger partial charge in [0.05, 0.1) is 6.61 Å². The first-order valence-corrected chi connectivity index (χ1v) is 14.8. The Morgan fingerprint density at radius 3 is 1.95 bits per heavy atom. The van der Waals surface area contributed by atoms with Gasteiger partial charge in [-0.3, -0.25) is 14.2 Å². The van der Waals surface area contributed by atoms with Gasteiger partial charge in [-0.1, -0.05) is 96.8 Å². The van der Waals surface area contributed by atoms with Crippen LogP contribution in [0.3, 0.4) is 0 Å². The van der Waals surface area contributed by atoms with Gasteiger partial charge in [0.1, 0.15) is 11.9 Å². The van der Waals surface area contributed by atoms with Gasteiger partial charge in [0.2, 0.25) is 0 Å². The summed E-state index contributed by atoms with van der Waals surface area (Å²) in [4.78, 5) is 40.3. The van der Waals surface area contributed by atoms with Crippen molar-refractivity contribution in [1.82, 2.24) is 9.55 Å². The molecule has 1 aromatic rings. The standard InChI is InChI=1S/C29H49N3O7/c1-3-4-5-6-7-8-9-10-11-12-13-14-15-16-17-18-25(35)39-26-23(21-33)38-28(27(26)37-22(2)34)32-20-19-24(30)31-29(32)36/h19-20,23,26-28,33H,3-18,21H2,1-2H3,(H2,30,31,36)/t23-,26-,27+,28-/m1/s1. The van der Waals surface area contributed by atoms with Gasteiger partial charge in [0.15, 0.2) is 18.4 Å². The SMILES string of the molecule is CCCCCCCCCCCCCCCCCC(=O)O[C@H]1[C@H](OC(C)=O)[C@H](n2ccc(N)nc2=O)O[C@@H]1CO. The number of carbonyl (C=O) groups excluding carboxylic acids is 2. The Kier molecular flexibility index (Phi) is 15.8. The Bertz CT molecular complexity index is 907. The maximum absolute atomic E-state index is 12.6. The summed E-state index contributed by atoms with van der Waals surface area (Å²) in [6.07, 6.45) is 15.8. The summed E-state index contributed by atoms with van der Waals surface area (Å²) in [7, 11) is 0. The van der Waals surface area contributed by atoms with E-state index in [1.165, 1.54) is 89.8 Å². The minimum absolute atomic E-state index is 0.0310. The molecule has 1 saturated heterocycles. The van der Waals surface area contributed by atoms with Crippen molar-refractivity contribution in [1.29, 1.82) is 0 Å². The van der Waals surface area contributed by atoms with E-state index < -0.39 is 48.8 Å². The first kappa shape index (κ1) is 32.8. The second-order valence-corrected chi connectivity index (χ2v) is 10.5. The summed E-state index contributed by atoms with van der Waals surface area (Å²) < 4.78 is 17.8. The number of carbonyl (C=O) groups is 2. The van der Waals surface area contributed by atoms with Crippen LogP contribution in [-0.4, -0.2) is 51.5 Å². The van der Waals surface area contributed by atoms with Crippen LogP contribution >= 0.6 is 0 Å². The number of nitrogens with two attached hydrogens (primary N) is 1. The fourth-order valence-corrected chi connectivity index (χ4v) is 5.01. The lowest BCUT2D eigenvalue weighted by atomic mass is 10.0. The molecule has 1 aromatic heterocycles. The molecule has 10 heteroatoms. The van der Waals surface area contributed by atoms with E-state index in [0.717, 1.165) is 23.8 Å². The molecule has 0 unspecified atom stereocenters. The zero-order chi connectivity index (χ0) is 28.5. The molecule has 0 spiro atoms. The summed E-state index contributed by atoms with van der Waals surface area (Å²) in [5, 5.41) is 9.82. The lowest BCUT2D eigenvalue weighted by molar-refractivity contribution is -0.167. The third-order valence-corrected chi connectivity index (χ3v) is 7.15.